The number of nitrogens with one attached hydrogen (secondary N) is 2. The Morgan fingerprint density at radius 3 is 2.63 bits per heavy atom. The van der Waals surface area contributed by atoms with Gasteiger partial charge in [-0.3, -0.25) is 0 Å². The Morgan fingerprint density at radius 2 is 1.90 bits per heavy atom. The number of nitrogens with zero attached hydrogens (tertiary/aromatic N) is 2. The van der Waals surface area contributed by atoms with Gasteiger partial charge in [-0.25, -0.2) is 9.78 Å². The second-order valence-electron chi connectivity index (χ2n) is 7.88. The first kappa shape index (κ1) is 20.3. The van der Waals surface area contributed by atoms with Gasteiger partial charge in [0.1, 0.15) is 0 Å². The number of imidazole rings is 1. The number of hydrogen-bond acceptors (Lipinski definition) is 3. The molecule has 1 aliphatic carbocycles. The molecule has 1 aromatic heterocycles. The maximum absolute atomic E-state index is 12.3. The van der Waals surface area contributed by atoms with Crippen molar-refractivity contribution < 1.29 is 4.79 Å². The first-order chi connectivity index (χ1) is 14.6. The first-order valence-corrected chi connectivity index (χ1v) is 10.6. The van der Waals surface area contributed by atoms with Gasteiger partial charge in [0.05, 0.1) is 18.2 Å². The Morgan fingerprint density at radius 1 is 1.13 bits per heavy atom. The number of halogens is 1. The molecular weight excluding hydrogens is 398 g/mol. The van der Waals surface area contributed by atoms with E-state index in [2.05, 4.69) is 26.3 Å². The zero-order valence-corrected chi connectivity index (χ0v) is 17.5. The predicted octanol–water partition coefficient (Wildman–Crippen LogP) is 5.17. The normalized spacial score (nSPS) is 18.7. The Bertz CT molecular complexity index is 993. The van der Waals surface area contributed by atoms with Crippen molar-refractivity contribution in [3.05, 3.63) is 66.1 Å². The lowest BCUT2D eigenvalue weighted by atomic mass is 9.86. The van der Waals surface area contributed by atoms with Gasteiger partial charge >= 0.3 is 6.03 Å². The van der Waals surface area contributed by atoms with Crippen LogP contribution in [-0.2, 0) is 6.54 Å². The van der Waals surface area contributed by atoms with E-state index in [1.807, 2.05) is 30.7 Å². The highest BCUT2D eigenvalue weighted by atomic mass is 35.5. The van der Waals surface area contributed by atoms with Crippen molar-refractivity contribution in [2.45, 2.75) is 38.3 Å². The van der Waals surface area contributed by atoms with Crippen LogP contribution in [0.4, 0.5) is 16.2 Å². The molecule has 1 heterocycles. The average molecular weight is 424 g/mol. The van der Waals surface area contributed by atoms with Crippen LogP contribution in [0.3, 0.4) is 0 Å². The van der Waals surface area contributed by atoms with Crippen LogP contribution in [0.15, 0.2) is 61.1 Å². The van der Waals surface area contributed by atoms with Gasteiger partial charge in [0.25, 0.3) is 0 Å². The van der Waals surface area contributed by atoms with Crippen molar-refractivity contribution in [3.63, 3.8) is 0 Å². The lowest BCUT2D eigenvalue weighted by Gasteiger charge is -2.29. The van der Waals surface area contributed by atoms with Gasteiger partial charge in [-0.1, -0.05) is 23.7 Å². The van der Waals surface area contributed by atoms with E-state index in [1.54, 1.807) is 24.3 Å². The number of rotatable bonds is 5. The summed E-state index contributed by atoms with van der Waals surface area (Å²) in [5.74, 6) is 0.565. The molecule has 0 atom stereocenters. The van der Waals surface area contributed by atoms with Crippen LogP contribution in [0.25, 0.3) is 11.3 Å². The smallest absolute Gasteiger partial charge is 0.319 e. The summed E-state index contributed by atoms with van der Waals surface area (Å²) in [7, 11) is 0. The third-order valence-corrected chi connectivity index (χ3v) is 5.87. The fraction of sp³-hybridized carbons (Fsp3) is 0.304. The Balaban J connectivity index is 1.28. The maximum Gasteiger partial charge on any atom is 0.319 e. The Kier molecular flexibility index (Phi) is 6.23. The molecule has 156 valence electrons. The molecule has 0 spiro atoms. The first-order valence-electron chi connectivity index (χ1n) is 10.3. The van der Waals surface area contributed by atoms with E-state index >= 15 is 0 Å². The highest BCUT2D eigenvalue weighted by Gasteiger charge is 2.23. The number of carbonyl (C=O) groups is 1. The fourth-order valence-electron chi connectivity index (χ4n) is 4.04. The van der Waals surface area contributed by atoms with E-state index in [-0.39, 0.29) is 12.1 Å². The summed E-state index contributed by atoms with van der Waals surface area (Å²) >= 11 is 6.15. The summed E-state index contributed by atoms with van der Waals surface area (Å²) in [6.07, 6.45) is 7.86. The van der Waals surface area contributed by atoms with Gasteiger partial charge in [-0.15, -0.1) is 0 Å². The summed E-state index contributed by atoms with van der Waals surface area (Å²) in [6.45, 7) is 0.923. The molecule has 6 nitrogen and oxygen atoms in total. The van der Waals surface area contributed by atoms with Crippen molar-refractivity contribution in [1.82, 2.24) is 14.9 Å². The number of benzene rings is 2. The number of nitrogens with two attached hydrogens (primary N) is 1. The van der Waals surface area contributed by atoms with E-state index in [0.29, 0.717) is 11.6 Å². The van der Waals surface area contributed by atoms with Gasteiger partial charge < -0.3 is 20.9 Å². The van der Waals surface area contributed by atoms with Crippen LogP contribution in [0, 0.1) is 5.92 Å². The van der Waals surface area contributed by atoms with Crippen LogP contribution >= 0.6 is 11.6 Å². The molecule has 3 aromatic rings. The van der Waals surface area contributed by atoms with Gasteiger partial charge in [0.15, 0.2) is 0 Å². The Labute approximate surface area is 181 Å². The monoisotopic (exact) mass is 423 g/mol. The molecule has 4 rings (SSSR count). The number of hydrogen-bond donors (Lipinski definition) is 3. The van der Waals surface area contributed by atoms with Gasteiger partial charge in [-0.05, 0) is 68.0 Å². The van der Waals surface area contributed by atoms with Crippen LogP contribution in [0.2, 0.25) is 5.02 Å². The zero-order valence-electron chi connectivity index (χ0n) is 16.7. The van der Waals surface area contributed by atoms with E-state index in [9.17, 15) is 4.79 Å². The molecule has 0 unspecified atom stereocenters. The molecule has 1 saturated carbocycles. The number of aromatic nitrogens is 2. The van der Waals surface area contributed by atoms with E-state index in [1.165, 1.54) is 0 Å². The largest absolute Gasteiger partial charge is 0.399 e. The molecule has 2 aromatic carbocycles. The molecule has 0 bridgehead atoms. The lowest BCUT2D eigenvalue weighted by molar-refractivity contribution is 0.234. The molecule has 4 N–H and O–H groups in total. The summed E-state index contributed by atoms with van der Waals surface area (Å²) in [4.78, 5) is 16.6. The van der Waals surface area contributed by atoms with Gasteiger partial charge in [0.2, 0.25) is 0 Å². The molecule has 2 amide bonds. The molecular formula is C23H26ClN5O. The summed E-state index contributed by atoms with van der Waals surface area (Å²) in [5, 5.41) is 6.68. The molecule has 30 heavy (non-hydrogen) atoms. The number of nitrogen functional groups attached to an aromatic ring is 1. The van der Waals surface area contributed by atoms with E-state index in [0.717, 1.165) is 54.2 Å². The van der Waals surface area contributed by atoms with Crippen LogP contribution in [0.5, 0.6) is 0 Å². The fourth-order valence-corrected chi connectivity index (χ4v) is 4.23. The third-order valence-electron chi connectivity index (χ3n) is 5.64. The van der Waals surface area contributed by atoms with E-state index < -0.39 is 0 Å². The van der Waals surface area contributed by atoms with Crippen molar-refractivity contribution >= 4 is 29.0 Å². The van der Waals surface area contributed by atoms with Crippen molar-refractivity contribution in [2.24, 2.45) is 5.92 Å². The maximum atomic E-state index is 12.3. The van der Waals surface area contributed by atoms with Gasteiger partial charge in [0, 0.05) is 34.5 Å². The molecule has 7 heteroatoms. The minimum Gasteiger partial charge on any atom is -0.399 e. The van der Waals surface area contributed by atoms with E-state index in [4.69, 9.17) is 17.3 Å². The SMILES string of the molecule is Nc1ccc(NC(=O)N[C@H]2CC[C@@H](Cn3cncc3-c3cccc(Cl)c3)CC2)cc1. The van der Waals surface area contributed by atoms with Crippen molar-refractivity contribution in [1.29, 1.82) is 0 Å². The minimum atomic E-state index is -0.166. The zero-order chi connectivity index (χ0) is 20.9. The summed E-state index contributed by atoms with van der Waals surface area (Å²) in [5.41, 5.74) is 9.26. The second-order valence-corrected chi connectivity index (χ2v) is 8.32. The van der Waals surface area contributed by atoms with Crippen molar-refractivity contribution in [2.75, 3.05) is 11.1 Å². The minimum absolute atomic E-state index is 0.166. The number of anilines is 2. The average Bonchev–Trinajstić information content (AvgIpc) is 3.19. The van der Waals surface area contributed by atoms with Crippen LogP contribution in [-0.4, -0.2) is 21.6 Å². The summed E-state index contributed by atoms with van der Waals surface area (Å²) < 4.78 is 2.21. The van der Waals surface area contributed by atoms with Crippen LogP contribution < -0.4 is 16.4 Å². The molecule has 1 aliphatic rings. The highest BCUT2D eigenvalue weighted by Crippen LogP contribution is 2.29. The predicted molar refractivity (Wildman–Crippen MR) is 121 cm³/mol. The number of amides is 2. The second kappa shape index (κ2) is 9.22. The van der Waals surface area contributed by atoms with Crippen molar-refractivity contribution in [3.8, 4) is 11.3 Å². The number of carbonyl (C=O) groups excluding carboxylic acids is 1. The topological polar surface area (TPSA) is 85.0 Å². The third kappa shape index (κ3) is 5.13. The molecule has 0 radical (unpaired) electrons. The summed E-state index contributed by atoms with van der Waals surface area (Å²) in [6, 6.07) is 15.0. The Hall–Kier alpha value is -2.99. The quantitative estimate of drug-likeness (QED) is 0.495. The van der Waals surface area contributed by atoms with Crippen LogP contribution in [0.1, 0.15) is 25.7 Å². The standard InChI is InChI=1S/C23H26ClN5O/c24-18-3-1-2-17(12-18)22-13-26-15-29(22)14-16-4-8-20(9-5-16)27-23(30)28-21-10-6-19(25)7-11-21/h1-3,6-7,10-13,15-16,20H,4-5,8-9,14,25H2,(H2,27,28,30)/t16-,20+. The van der Waals surface area contributed by atoms with Gasteiger partial charge in [-0.2, -0.15) is 0 Å². The highest BCUT2D eigenvalue weighted by molar-refractivity contribution is 6.30. The molecule has 0 aliphatic heterocycles. The molecule has 1 fully saturated rings. The lowest BCUT2D eigenvalue weighted by Crippen LogP contribution is -2.40. The molecule has 0 saturated heterocycles. The number of urea groups is 1.